The van der Waals surface area contributed by atoms with E-state index in [9.17, 15) is 9.59 Å². The molecule has 1 saturated heterocycles. The highest BCUT2D eigenvalue weighted by atomic mass is 16.5. The maximum Gasteiger partial charge on any atom is 0.233 e. The summed E-state index contributed by atoms with van der Waals surface area (Å²) >= 11 is 0. The normalized spacial score (nSPS) is 25.1. The van der Waals surface area contributed by atoms with Crippen molar-refractivity contribution in [1.29, 1.82) is 0 Å². The fourth-order valence-corrected chi connectivity index (χ4v) is 3.14. The number of nitrogens with two attached hydrogens (primary N) is 1. The van der Waals surface area contributed by atoms with Crippen LogP contribution >= 0.6 is 0 Å². The smallest absolute Gasteiger partial charge is 0.233 e. The minimum atomic E-state index is -0.0742. The summed E-state index contributed by atoms with van der Waals surface area (Å²) in [4.78, 5) is 25.6. The van der Waals surface area contributed by atoms with Gasteiger partial charge in [0.1, 0.15) is 12.4 Å². The Morgan fingerprint density at radius 1 is 1.20 bits per heavy atom. The predicted octanol–water partition coefficient (Wildman–Crippen LogP) is 1.43. The van der Waals surface area contributed by atoms with Gasteiger partial charge in [0.25, 0.3) is 0 Å². The van der Waals surface area contributed by atoms with Crippen molar-refractivity contribution in [1.82, 2.24) is 4.90 Å². The summed E-state index contributed by atoms with van der Waals surface area (Å²) in [6.07, 6.45) is 2.68. The summed E-state index contributed by atoms with van der Waals surface area (Å²) in [6, 6.07) is 7.11. The summed E-state index contributed by atoms with van der Waals surface area (Å²) in [5.74, 6) is 0.469. The van der Waals surface area contributed by atoms with Gasteiger partial charge in [-0.05, 0) is 25.0 Å². The molecule has 2 unspecified atom stereocenters. The second-order valence-electron chi connectivity index (χ2n) is 5.39. The number of nitrogens with zero attached hydrogens (tertiary/aromatic N) is 1. The zero-order chi connectivity index (χ0) is 14.1. The average molecular weight is 274 g/mol. The maximum absolute atomic E-state index is 12.1. The van der Waals surface area contributed by atoms with E-state index in [1.165, 1.54) is 4.90 Å². The lowest BCUT2D eigenvalue weighted by Crippen LogP contribution is -2.35. The molecule has 0 spiro atoms. The molecule has 1 heterocycles. The number of benzene rings is 1. The molecule has 0 aromatic heterocycles. The van der Waals surface area contributed by atoms with Crippen LogP contribution in [0.1, 0.15) is 19.3 Å². The number of carbonyl (C=O) groups is 2. The molecule has 2 N–H and O–H groups in total. The highest BCUT2D eigenvalue weighted by molar-refractivity contribution is 6.05. The molecule has 3 rings (SSSR count). The highest BCUT2D eigenvalue weighted by Gasteiger charge is 2.49. The minimum absolute atomic E-state index is 0.0197. The van der Waals surface area contributed by atoms with E-state index in [-0.39, 0.29) is 23.7 Å². The molecule has 0 radical (unpaired) electrons. The van der Waals surface area contributed by atoms with Crippen LogP contribution in [0.3, 0.4) is 0 Å². The average Bonchev–Trinajstić information content (AvgIpc) is 2.98. The molecule has 5 nitrogen and oxygen atoms in total. The minimum Gasteiger partial charge on any atom is -0.492 e. The third kappa shape index (κ3) is 2.24. The number of likely N-dealkylation sites (tertiary alicyclic amines) is 1. The fourth-order valence-electron chi connectivity index (χ4n) is 3.14. The van der Waals surface area contributed by atoms with Gasteiger partial charge in [-0.3, -0.25) is 14.5 Å². The summed E-state index contributed by atoms with van der Waals surface area (Å²) in [5, 5.41) is 0. The second-order valence-corrected chi connectivity index (χ2v) is 5.39. The largest absolute Gasteiger partial charge is 0.492 e. The van der Waals surface area contributed by atoms with Gasteiger partial charge >= 0.3 is 0 Å². The molecule has 106 valence electrons. The Morgan fingerprint density at radius 2 is 1.90 bits per heavy atom. The summed E-state index contributed by atoms with van der Waals surface area (Å²) in [6.45, 7) is 0.625. The molecule has 20 heavy (non-hydrogen) atoms. The number of rotatable bonds is 4. The van der Waals surface area contributed by atoms with Crippen LogP contribution in [0.2, 0.25) is 0 Å². The van der Waals surface area contributed by atoms with Crippen molar-refractivity contribution in [2.45, 2.75) is 19.3 Å². The van der Waals surface area contributed by atoms with E-state index in [1.54, 1.807) is 24.3 Å². The number of fused-ring (bicyclic) bond motifs is 1. The van der Waals surface area contributed by atoms with E-state index in [0.29, 0.717) is 24.6 Å². The van der Waals surface area contributed by atoms with E-state index in [2.05, 4.69) is 0 Å². The Hall–Kier alpha value is -2.04. The first-order valence-electron chi connectivity index (χ1n) is 7.00. The van der Waals surface area contributed by atoms with Crippen LogP contribution in [0, 0.1) is 11.8 Å². The number of carbonyl (C=O) groups excluding carboxylic acids is 2. The molecule has 2 atom stereocenters. The van der Waals surface area contributed by atoms with Gasteiger partial charge in [-0.1, -0.05) is 12.5 Å². The van der Waals surface area contributed by atoms with Gasteiger partial charge in [-0.15, -0.1) is 0 Å². The Bertz CT molecular complexity index is 522. The number of ether oxygens (including phenoxy) is 1. The van der Waals surface area contributed by atoms with Gasteiger partial charge in [0.15, 0.2) is 0 Å². The van der Waals surface area contributed by atoms with Crippen LogP contribution in [-0.2, 0) is 9.59 Å². The number of anilines is 1. The van der Waals surface area contributed by atoms with Crippen LogP contribution in [-0.4, -0.2) is 29.9 Å². The van der Waals surface area contributed by atoms with Crippen molar-refractivity contribution in [2.75, 3.05) is 18.9 Å². The number of hydrogen-bond acceptors (Lipinski definition) is 4. The fraction of sp³-hybridized carbons (Fsp3) is 0.467. The maximum atomic E-state index is 12.1. The zero-order valence-electron chi connectivity index (χ0n) is 11.2. The molecule has 1 aromatic rings. The third-order valence-electron chi connectivity index (χ3n) is 4.12. The predicted molar refractivity (Wildman–Crippen MR) is 73.9 cm³/mol. The van der Waals surface area contributed by atoms with Crippen LogP contribution in [0.15, 0.2) is 24.3 Å². The first-order chi connectivity index (χ1) is 9.66. The molecule has 0 bridgehead atoms. The van der Waals surface area contributed by atoms with Crippen molar-refractivity contribution in [3.05, 3.63) is 24.3 Å². The quantitative estimate of drug-likeness (QED) is 0.666. The van der Waals surface area contributed by atoms with Crippen molar-refractivity contribution < 1.29 is 14.3 Å². The van der Waals surface area contributed by atoms with Crippen LogP contribution in [0.25, 0.3) is 0 Å². The van der Waals surface area contributed by atoms with Gasteiger partial charge in [0.2, 0.25) is 11.8 Å². The van der Waals surface area contributed by atoms with E-state index in [4.69, 9.17) is 10.5 Å². The summed E-state index contributed by atoms with van der Waals surface area (Å²) in [5.41, 5.74) is 6.29. The van der Waals surface area contributed by atoms with Gasteiger partial charge < -0.3 is 10.5 Å². The highest BCUT2D eigenvalue weighted by Crippen LogP contribution is 2.39. The van der Waals surface area contributed by atoms with Crippen molar-refractivity contribution in [3.8, 4) is 5.75 Å². The first kappa shape index (κ1) is 13.0. The SMILES string of the molecule is Nc1cccc(OCCN2C(=O)C3CCCC3C2=O)c1. The summed E-state index contributed by atoms with van der Waals surface area (Å²) in [7, 11) is 0. The zero-order valence-corrected chi connectivity index (χ0v) is 11.2. The molecular weight excluding hydrogens is 256 g/mol. The van der Waals surface area contributed by atoms with E-state index >= 15 is 0 Å². The topological polar surface area (TPSA) is 72.6 Å². The Labute approximate surface area is 117 Å². The lowest BCUT2D eigenvalue weighted by molar-refractivity contribution is -0.140. The molecular formula is C15H18N2O3. The molecule has 1 aliphatic carbocycles. The Morgan fingerprint density at radius 3 is 2.55 bits per heavy atom. The Kier molecular flexibility index (Phi) is 3.34. The van der Waals surface area contributed by atoms with Crippen molar-refractivity contribution in [3.63, 3.8) is 0 Å². The molecule has 2 aliphatic rings. The molecule has 1 aromatic carbocycles. The van der Waals surface area contributed by atoms with Crippen LogP contribution in [0.4, 0.5) is 5.69 Å². The van der Waals surface area contributed by atoms with Crippen LogP contribution < -0.4 is 10.5 Å². The molecule has 2 fully saturated rings. The third-order valence-corrected chi connectivity index (χ3v) is 4.12. The van der Waals surface area contributed by atoms with E-state index in [0.717, 1.165) is 19.3 Å². The molecule has 1 aliphatic heterocycles. The standard InChI is InChI=1S/C15H18N2O3/c16-10-3-1-4-11(9-10)20-8-7-17-14(18)12-5-2-6-13(12)15(17)19/h1,3-4,9,12-13H,2,5-8,16H2. The molecule has 1 saturated carbocycles. The van der Waals surface area contributed by atoms with Crippen molar-refractivity contribution in [2.24, 2.45) is 11.8 Å². The van der Waals surface area contributed by atoms with E-state index < -0.39 is 0 Å². The van der Waals surface area contributed by atoms with Gasteiger partial charge in [0, 0.05) is 11.8 Å². The molecule has 2 amide bonds. The second kappa shape index (κ2) is 5.15. The first-order valence-corrected chi connectivity index (χ1v) is 7.00. The number of imide groups is 1. The lowest BCUT2D eigenvalue weighted by Gasteiger charge is -2.16. The lowest BCUT2D eigenvalue weighted by atomic mass is 10.00. The number of amides is 2. The summed E-state index contributed by atoms with van der Waals surface area (Å²) < 4.78 is 5.54. The monoisotopic (exact) mass is 274 g/mol. The van der Waals surface area contributed by atoms with Gasteiger partial charge in [-0.25, -0.2) is 0 Å². The molecule has 5 heteroatoms. The van der Waals surface area contributed by atoms with Gasteiger partial charge in [0.05, 0.1) is 18.4 Å². The van der Waals surface area contributed by atoms with E-state index in [1.807, 2.05) is 0 Å². The van der Waals surface area contributed by atoms with Crippen LogP contribution in [0.5, 0.6) is 5.75 Å². The Balaban J connectivity index is 1.56. The van der Waals surface area contributed by atoms with Gasteiger partial charge in [-0.2, -0.15) is 0 Å². The van der Waals surface area contributed by atoms with Crippen molar-refractivity contribution >= 4 is 17.5 Å². The number of nitrogen functional groups attached to an aromatic ring is 1. The number of hydrogen-bond donors (Lipinski definition) is 1.